The largest absolute Gasteiger partial charge is 0.494 e. The van der Waals surface area contributed by atoms with Gasteiger partial charge in [0, 0.05) is 24.3 Å². The van der Waals surface area contributed by atoms with Crippen LogP contribution in [-0.2, 0) is 25.5 Å². The summed E-state index contributed by atoms with van der Waals surface area (Å²) in [7, 11) is 0. The number of carbonyl (C=O) groups is 3. The number of carbonyl (C=O) groups excluding carboxylic acids is 3. The van der Waals surface area contributed by atoms with Gasteiger partial charge < -0.3 is 19.7 Å². The van der Waals surface area contributed by atoms with E-state index in [4.69, 9.17) is 9.47 Å². The third-order valence-electron chi connectivity index (χ3n) is 5.32. The number of nitrogens with one attached hydrogen (secondary N) is 1. The van der Waals surface area contributed by atoms with Crippen molar-refractivity contribution in [2.75, 3.05) is 30.0 Å². The smallest absolute Gasteiger partial charge is 0.311 e. The van der Waals surface area contributed by atoms with Gasteiger partial charge >= 0.3 is 5.97 Å². The molecule has 2 aromatic carbocycles. The van der Waals surface area contributed by atoms with Crippen LogP contribution in [0.25, 0.3) is 0 Å². The van der Waals surface area contributed by atoms with E-state index in [2.05, 4.69) is 12.2 Å². The zero-order chi connectivity index (χ0) is 22.9. The van der Waals surface area contributed by atoms with Crippen LogP contribution < -0.4 is 15.0 Å². The van der Waals surface area contributed by atoms with Crippen molar-refractivity contribution in [2.45, 2.75) is 39.5 Å². The molecule has 1 N–H and O–H groups in total. The lowest BCUT2D eigenvalue weighted by molar-refractivity contribution is -0.151. The van der Waals surface area contributed by atoms with E-state index in [9.17, 15) is 14.4 Å². The fraction of sp³-hybridized carbons (Fsp3) is 0.400. The minimum absolute atomic E-state index is 0.0803. The van der Waals surface area contributed by atoms with Gasteiger partial charge in [0.05, 0.1) is 12.5 Å². The van der Waals surface area contributed by atoms with E-state index in [0.29, 0.717) is 18.0 Å². The quantitative estimate of drug-likeness (QED) is 0.568. The number of ether oxygens (including phenoxy) is 2. The van der Waals surface area contributed by atoms with Gasteiger partial charge in [0.1, 0.15) is 5.75 Å². The van der Waals surface area contributed by atoms with E-state index >= 15 is 0 Å². The molecule has 7 heteroatoms. The number of benzene rings is 2. The molecule has 0 spiro atoms. The summed E-state index contributed by atoms with van der Waals surface area (Å²) < 4.78 is 10.5. The van der Waals surface area contributed by atoms with Crippen molar-refractivity contribution >= 4 is 29.2 Å². The highest BCUT2D eigenvalue weighted by Gasteiger charge is 2.36. The molecule has 2 amide bonds. The standard InChI is InChI=1S/C25H30N2O5/c1-3-5-6-18-7-11-21(12-8-18)27-16-19(15-24(27)29)25(30)32-17-23(28)26-20-9-13-22(14-10-20)31-4-2/h7-14,19H,3-6,15-17H2,1-2H3,(H,26,28)/t19-/m1/s1. The van der Waals surface area contributed by atoms with Crippen LogP contribution >= 0.6 is 0 Å². The van der Waals surface area contributed by atoms with E-state index in [1.807, 2.05) is 31.2 Å². The van der Waals surface area contributed by atoms with Gasteiger partial charge in [0.15, 0.2) is 6.61 Å². The highest BCUT2D eigenvalue weighted by atomic mass is 16.5. The van der Waals surface area contributed by atoms with Crippen LogP contribution in [0.4, 0.5) is 11.4 Å². The molecule has 0 bridgehead atoms. The summed E-state index contributed by atoms with van der Waals surface area (Å²) in [6.07, 6.45) is 3.35. The van der Waals surface area contributed by atoms with Gasteiger partial charge in [-0.15, -0.1) is 0 Å². The topological polar surface area (TPSA) is 84.9 Å². The Morgan fingerprint density at radius 3 is 2.44 bits per heavy atom. The van der Waals surface area contributed by atoms with Gasteiger partial charge in [-0.05, 0) is 61.7 Å². The first-order valence-electron chi connectivity index (χ1n) is 11.1. The first kappa shape index (κ1) is 23.3. The summed E-state index contributed by atoms with van der Waals surface area (Å²) in [6, 6.07) is 14.8. The summed E-state index contributed by atoms with van der Waals surface area (Å²) in [5.41, 5.74) is 2.59. The number of unbranched alkanes of at least 4 members (excludes halogenated alkanes) is 1. The Morgan fingerprint density at radius 2 is 1.78 bits per heavy atom. The lowest BCUT2D eigenvalue weighted by Crippen LogP contribution is -2.28. The van der Waals surface area contributed by atoms with E-state index in [-0.39, 0.29) is 18.9 Å². The maximum atomic E-state index is 12.4. The number of hydrogen-bond acceptors (Lipinski definition) is 5. The van der Waals surface area contributed by atoms with Crippen LogP contribution in [0.5, 0.6) is 5.75 Å². The third kappa shape index (κ3) is 6.33. The van der Waals surface area contributed by atoms with Crippen molar-refractivity contribution in [3.8, 4) is 5.75 Å². The van der Waals surface area contributed by atoms with Crippen molar-refractivity contribution in [3.05, 3.63) is 54.1 Å². The Labute approximate surface area is 188 Å². The van der Waals surface area contributed by atoms with Gasteiger partial charge in [-0.1, -0.05) is 25.5 Å². The minimum atomic E-state index is -0.583. The molecule has 1 saturated heterocycles. The van der Waals surface area contributed by atoms with Gasteiger partial charge in [-0.3, -0.25) is 14.4 Å². The van der Waals surface area contributed by atoms with Gasteiger partial charge in [-0.2, -0.15) is 0 Å². The average molecular weight is 439 g/mol. The Kier molecular flexibility index (Phi) is 8.25. The maximum Gasteiger partial charge on any atom is 0.311 e. The van der Waals surface area contributed by atoms with Crippen molar-refractivity contribution in [3.63, 3.8) is 0 Å². The summed E-state index contributed by atoms with van der Waals surface area (Å²) in [4.78, 5) is 38.6. The Balaban J connectivity index is 1.47. The molecular formula is C25H30N2O5. The molecule has 1 heterocycles. The minimum Gasteiger partial charge on any atom is -0.494 e. The van der Waals surface area contributed by atoms with E-state index in [1.54, 1.807) is 29.2 Å². The number of esters is 1. The van der Waals surface area contributed by atoms with Gasteiger partial charge in [0.2, 0.25) is 5.91 Å². The summed E-state index contributed by atoms with van der Waals surface area (Å²) >= 11 is 0. The fourth-order valence-electron chi connectivity index (χ4n) is 3.59. The lowest BCUT2D eigenvalue weighted by atomic mass is 10.1. The monoisotopic (exact) mass is 438 g/mol. The molecule has 2 aromatic rings. The van der Waals surface area contributed by atoms with Crippen molar-refractivity contribution in [2.24, 2.45) is 5.92 Å². The molecule has 0 aromatic heterocycles. The molecule has 32 heavy (non-hydrogen) atoms. The highest BCUT2D eigenvalue weighted by molar-refractivity contribution is 6.00. The fourth-order valence-corrected chi connectivity index (χ4v) is 3.59. The molecular weight excluding hydrogens is 408 g/mol. The molecule has 1 aliphatic heterocycles. The molecule has 3 rings (SSSR count). The van der Waals surface area contributed by atoms with Crippen molar-refractivity contribution in [1.29, 1.82) is 0 Å². The molecule has 0 saturated carbocycles. The summed E-state index contributed by atoms with van der Waals surface area (Å²) in [6.45, 7) is 4.47. The van der Waals surface area contributed by atoms with Gasteiger partial charge in [-0.25, -0.2) is 0 Å². The summed E-state index contributed by atoms with van der Waals surface area (Å²) in [5.74, 6) is -0.968. The van der Waals surface area contributed by atoms with Crippen LogP contribution in [0.15, 0.2) is 48.5 Å². The highest BCUT2D eigenvalue weighted by Crippen LogP contribution is 2.26. The SMILES string of the molecule is CCCCc1ccc(N2C[C@H](C(=O)OCC(=O)Nc3ccc(OCC)cc3)CC2=O)cc1. The second-order valence-corrected chi connectivity index (χ2v) is 7.79. The summed E-state index contributed by atoms with van der Waals surface area (Å²) in [5, 5.41) is 2.67. The molecule has 1 atom stereocenters. The molecule has 1 aliphatic rings. The molecule has 0 aliphatic carbocycles. The Morgan fingerprint density at radius 1 is 1.06 bits per heavy atom. The molecule has 170 valence electrons. The zero-order valence-corrected chi connectivity index (χ0v) is 18.6. The van der Waals surface area contributed by atoms with E-state index in [0.717, 1.165) is 24.9 Å². The zero-order valence-electron chi connectivity index (χ0n) is 18.6. The molecule has 1 fully saturated rings. The molecule has 7 nitrogen and oxygen atoms in total. The third-order valence-corrected chi connectivity index (χ3v) is 5.32. The van der Waals surface area contributed by atoms with Crippen LogP contribution in [0.1, 0.15) is 38.7 Å². The maximum absolute atomic E-state index is 12.4. The molecule has 0 unspecified atom stereocenters. The van der Waals surface area contributed by atoms with Crippen molar-refractivity contribution < 1.29 is 23.9 Å². The molecule has 0 radical (unpaired) electrons. The van der Waals surface area contributed by atoms with Gasteiger partial charge in [0.25, 0.3) is 5.91 Å². The Hall–Kier alpha value is -3.35. The van der Waals surface area contributed by atoms with Crippen LogP contribution in [0.3, 0.4) is 0 Å². The van der Waals surface area contributed by atoms with Crippen LogP contribution in [0, 0.1) is 5.92 Å². The second kappa shape index (κ2) is 11.3. The Bertz CT molecular complexity index is 924. The number of amides is 2. The first-order chi connectivity index (χ1) is 15.5. The number of nitrogens with zero attached hydrogens (tertiary/aromatic N) is 1. The number of anilines is 2. The predicted octanol–water partition coefficient (Wildman–Crippen LogP) is 3.96. The first-order valence-corrected chi connectivity index (χ1v) is 11.1. The van der Waals surface area contributed by atoms with Crippen LogP contribution in [-0.4, -0.2) is 37.5 Å². The second-order valence-electron chi connectivity index (χ2n) is 7.79. The van der Waals surface area contributed by atoms with Crippen LogP contribution in [0.2, 0.25) is 0 Å². The predicted molar refractivity (Wildman–Crippen MR) is 123 cm³/mol. The van der Waals surface area contributed by atoms with E-state index in [1.165, 1.54) is 5.56 Å². The average Bonchev–Trinajstić information content (AvgIpc) is 3.19. The van der Waals surface area contributed by atoms with Crippen molar-refractivity contribution in [1.82, 2.24) is 0 Å². The number of aryl methyl sites for hydroxylation is 1. The van der Waals surface area contributed by atoms with E-state index < -0.39 is 24.4 Å². The number of rotatable bonds is 10. The lowest BCUT2D eigenvalue weighted by Gasteiger charge is -2.17. The number of hydrogen-bond donors (Lipinski definition) is 1. The normalized spacial score (nSPS) is 15.5.